The van der Waals surface area contributed by atoms with Crippen molar-refractivity contribution in [2.24, 2.45) is 5.41 Å². The molecule has 0 saturated heterocycles. The summed E-state index contributed by atoms with van der Waals surface area (Å²) in [7, 11) is 0. The normalized spacial score (nSPS) is 26.2. The Balaban J connectivity index is 1.68. The van der Waals surface area contributed by atoms with Crippen molar-refractivity contribution in [1.82, 2.24) is 15.1 Å². The zero-order valence-electron chi connectivity index (χ0n) is 13.2. The molecule has 2 fully saturated rings. The molecule has 0 unspecified atom stereocenters. The molecule has 1 heterocycles. The van der Waals surface area contributed by atoms with Gasteiger partial charge < -0.3 is 10.1 Å². The molecule has 0 bridgehead atoms. The molecular formula is C16H25N3O2. The number of rotatable bonds is 5. The Labute approximate surface area is 126 Å². The van der Waals surface area contributed by atoms with E-state index in [0.29, 0.717) is 18.3 Å². The molecule has 5 nitrogen and oxygen atoms in total. The van der Waals surface area contributed by atoms with Gasteiger partial charge in [0.25, 0.3) is 5.91 Å². The van der Waals surface area contributed by atoms with Crippen LogP contribution in [0.3, 0.4) is 0 Å². The number of amides is 1. The van der Waals surface area contributed by atoms with Crippen LogP contribution >= 0.6 is 0 Å². The van der Waals surface area contributed by atoms with E-state index in [-0.39, 0.29) is 17.4 Å². The molecule has 0 aliphatic heterocycles. The molecule has 1 aromatic heterocycles. The zero-order chi connectivity index (χ0) is 15.0. The summed E-state index contributed by atoms with van der Waals surface area (Å²) in [6.07, 6.45) is 4.88. The summed E-state index contributed by atoms with van der Waals surface area (Å²) in [5.74, 6) is 0.00340. The molecule has 2 aliphatic rings. The van der Waals surface area contributed by atoms with Gasteiger partial charge in [-0.15, -0.1) is 0 Å². The van der Waals surface area contributed by atoms with E-state index in [1.165, 1.54) is 19.3 Å². The lowest BCUT2D eigenvalue weighted by Crippen LogP contribution is -2.67. The van der Waals surface area contributed by atoms with Crippen molar-refractivity contribution in [3.05, 3.63) is 17.5 Å². The highest BCUT2D eigenvalue weighted by molar-refractivity contribution is 5.93. The Bertz CT molecular complexity index is 534. The van der Waals surface area contributed by atoms with Crippen molar-refractivity contribution in [3.63, 3.8) is 0 Å². The van der Waals surface area contributed by atoms with E-state index in [1.54, 1.807) is 4.68 Å². The summed E-state index contributed by atoms with van der Waals surface area (Å²) in [6.45, 7) is 7.44. The van der Waals surface area contributed by atoms with Crippen LogP contribution in [-0.2, 0) is 11.3 Å². The summed E-state index contributed by atoms with van der Waals surface area (Å²) >= 11 is 0. The first-order chi connectivity index (χ1) is 10.1. The second-order valence-corrected chi connectivity index (χ2v) is 6.28. The maximum Gasteiger partial charge on any atom is 0.269 e. The van der Waals surface area contributed by atoms with Crippen LogP contribution in [0.25, 0.3) is 0 Å². The Morgan fingerprint density at radius 3 is 2.86 bits per heavy atom. The van der Waals surface area contributed by atoms with Crippen molar-refractivity contribution < 1.29 is 9.53 Å². The van der Waals surface area contributed by atoms with Crippen molar-refractivity contribution in [2.45, 2.75) is 65.1 Å². The van der Waals surface area contributed by atoms with E-state index in [0.717, 1.165) is 18.7 Å². The molecule has 3 rings (SSSR count). The summed E-state index contributed by atoms with van der Waals surface area (Å²) < 4.78 is 7.61. The third-order valence-electron chi connectivity index (χ3n) is 5.18. The second-order valence-electron chi connectivity index (χ2n) is 6.28. The standard InChI is InChI=1S/C16H25N3O2/c1-4-19-12(9-11(3)18-19)15(20)17-13-10-14(21-5-2)16(13)7-6-8-16/h9,13-14H,4-8,10H2,1-3H3,(H,17,20)/t13-,14+/m1/s1. The highest BCUT2D eigenvalue weighted by atomic mass is 16.5. The molecule has 5 heteroatoms. The van der Waals surface area contributed by atoms with Crippen LogP contribution in [0, 0.1) is 12.3 Å². The fourth-order valence-electron chi connectivity index (χ4n) is 3.84. The molecule has 1 aromatic rings. The van der Waals surface area contributed by atoms with Crippen LogP contribution in [0.1, 0.15) is 55.7 Å². The van der Waals surface area contributed by atoms with Gasteiger partial charge in [0.15, 0.2) is 0 Å². The number of carbonyl (C=O) groups is 1. The summed E-state index contributed by atoms with van der Waals surface area (Å²) in [6, 6.07) is 2.13. The van der Waals surface area contributed by atoms with Crippen LogP contribution in [0.2, 0.25) is 0 Å². The van der Waals surface area contributed by atoms with E-state index in [1.807, 2.05) is 26.8 Å². The lowest BCUT2D eigenvalue weighted by molar-refractivity contribution is -0.169. The SMILES string of the molecule is CCO[C@H]1C[C@@H](NC(=O)c2cc(C)nn2CC)C12CCC2. The maximum atomic E-state index is 12.5. The summed E-state index contributed by atoms with van der Waals surface area (Å²) in [5, 5.41) is 7.57. The van der Waals surface area contributed by atoms with Crippen molar-refractivity contribution in [1.29, 1.82) is 0 Å². The quantitative estimate of drug-likeness (QED) is 0.905. The smallest absolute Gasteiger partial charge is 0.269 e. The minimum Gasteiger partial charge on any atom is -0.378 e. The van der Waals surface area contributed by atoms with E-state index in [4.69, 9.17) is 4.74 Å². The van der Waals surface area contributed by atoms with Gasteiger partial charge in [-0.2, -0.15) is 5.10 Å². The molecule has 1 N–H and O–H groups in total. The average molecular weight is 291 g/mol. The zero-order valence-corrected chi connectivity index (χ0v) is 13.2. The highest BCUT2D eigenvalue weighted by Crippen LogP contribution is 2.57. The van der Waals surface area contributed by atoms with Gasteiger partial charge in [0.1, 0.15) is 5.69 Å². The minimum atomic E-state index is 0.00340. The van der Waals surface area contributed by atoms with E-state index < -0.39 is 0 Å². The number of nitrogens with zero attached hydrogens (tertiary/aromatic N) is 2. The van der Waals surface area contributed by atoms with Crippen molar-refractivity contribution in [3.8, 4) is 0 Å². The van der Waals surface area contributed by atoms with Gasteiger partial charge in [-0.05, 0) is 46.1 Å². The first-order valence-electron chi connectivity index (χ1n) is 8.07. The Morgan fingerprint density at radius 1 is 1.52 bits per heavy atom. The van der Waals surface area contributed by atoms with Crippen molar-refractivity contribution in [2.75, 3.05) is 6.61 Å². The number of aromatic nitrogens is 2. The number of ether oxygens (including phenoxy) is 1. The number of aryl methyl sites for hydroxylation is 2. The fourth-order valence-corrected chi connectivity index (χ4v) is 3.84. The molecule has 0 aromatic carbocycles. The van der Waals surface area contributed by atoms with Crippen molar-refractivity contribution >= 4 is 5.91 Å². The first kappa shape index (κ1) is 14.6. The topological polar surface area (TPSA) is 56.1 Å². The number of carbonyl (C=O) groups excluding carboxylic acids is 1. The lowest BCUT2D eigenvalue weighted by Gasteiger charge is -2.60. The predicted octanol–water partition coefficient (Wildman–Crippen LogP) is 2.29. The van der Waals surface area contributed by atoms with E-state index >= 15 is 0 Å². The summed E-state index contributed by atoms with van der Waals surface area (Å²) in [5.41, 5.74) is 1.77. The van der Waals surface area contributed by atoms with Crippen LogP contribution in [-0.4, -0.2) is 34.4 Å². The van der Waals surface area contributed by atoms with Gasteiger partial charge in [-0.25, -0.2) is 0 Å². The third-order valence-corrected chi connectivity index (χ3v) is 5.18. The molecule has 1 spiro atoms. The largest absolute Gasteiger partial charge is 0.378 e. The summed E-state index contributed by atoms with van der Waals surface area (Å²) in [4.78, 5) is 12.5. The molecule has 0 radical (unpaired) electrons. The average Bonchev–Trinajstić information content (AvgIpc) is 2.76. The number of hydrogen-bond donors (Lipinski definition) is 1. The maximum absolute atomic E-state index is 12.5. The second kappa shape index (κ2) is 5.44. The monoisotopic (exact) mass is 291 g/mol. The fraction of sp³-hybridized carbons (Fsp3) is 0.750. The Morgan fingerprint density at radius 2 is 2.29 bits per heavy atom. The lowest BCUT2D eigenvalue weighted by atomic mass is 9.51. The Kier molecular flexibility index (Phi) is 3.78. The molecule has 116 valence electrons. The highest BCUT2D eigenvalue weighted by Gasteiger charge is 2.59. The molecular weight excluding hydrogens is 266 g/mol. The van der Waals surface area contributed by atoms with Gasteiger partial charge >= 0.3 is 0 Å². The molecule has 2 atom stereocenters. The van der Waals surface area contributed by atoms with Gasteiger partial charge in [-0.1, -0.05) is 6.42 Å². The van der Waals surface area contributed by atoms with Gasteiger partial charge in [0.05, 0.1) is 11.8 Å². The molecule has 21 heavy (non-hydrogen) atoms. The minimum absolute atomic E-state index is 0.00340. The van der Waals surface area contributed by atoms with E-state index in [2.05, 4.69) is 10.4 Å². The van der Waals surface area contributed by atoms with Crippen LogP contribution in [0.15, 0.2) is 6.07 Å². The molecule has 2 aliphatic carbocycles. The first-order valence-corrected chi connectivity index (χ1v) is 8.07. The predicted molar refractivity (Wildman–Crippen MR) is 80.2 cm³/mol. The van der Waals surface area contributed by atoms with Crippen LogP contribution < -0.4 is 5.32 Å². The van der Waals surface area contributed by atoms with E-state index in [9.17, 15) is 4.79 Å². The van der Waals surface area contributed by atoms with Crippen LogP contribution in [0.5, 0.6) is 0 Å². The number of hydrogen-bond acceptors (Lipinski definition) is 3. The molecule has 1 amide bonds. The Hall–Kier alpha value is -1.36. The van der Waals surface area contributed by atoms with Gasteiger partial charge in [0, 0.05) is 24.6 Å². The van der Waals surface area contributed by atoms with Crippen LogP contribution in [0.4, 0.5) is 0 Å². The van der Waals surface area contributed by atoms with Gasteiger partial charge in [-0.3, -0.25) is 9.48 Å². The van der Waals surface area contributed by atoms with Gasteiger partial charge in [0.2, 0.25) is 0 Å². The third kappa shape index (κ3) is 2.27. The molecule has 2 saturated carbocycles. The number of nitrogens with one attached hydrogen (secondary N) is 1.